The maximum absolute atomic E-state index is 12.7. The van der Waals surface area contributed by atoms with Crippen LogP contribution in [0.2, 0.25) is 5.02 Å². The molecule has 150 valence electrons. The van der Waals surface area contributed by atoms with Gasteiger partial charge >= 0.3 is 12.0 Å². The third kappa shape index (κ3) is 4.04. The highest BCUT2D eigenvalue weighted by Crippen LogP contribution is 2.33. The van der Waals surface area contributed by atoms with Crippen LogP contribution in [0.4, 0.5) is 16.2 Å². The monoisotopic (exact) mass is 416 g/mol. The molecular weight excluding hydrogens is 400 g/mol. The Hall–Kier alpha value is -3.46. The van der Waals surface area contributed by atoms with Gasteiger partial charge in [-0.1, -0.05) is 23.7 Å². The van der Waals surface area contributed by atoms with Crippen molar-refractivity contribution < 1.29 is 19.2 Å². The molecule has 0 saturated carbocycles. The van der Waals surface area contributed by atoms with E-state index < -0.39 is 22.3 Å². The smallest absolute Gasteiger partial charge is 0.342 e. The maximum Gasteiger partial charge on any atom is 0.342 e. The summed E-state index contributed by atoms with van der Waals surface area (Å²) in [5.74, 6) is -0.531. The van der Waals surface area contributed by atoms with E-state index in [4.69, 9.17) is 16.3 Å². The van der Waals surface area contributed by atoms with Crippen molar-refractivity contribution in [2.75, 3.05) is 19.0 Å². The van der Waals surface area contributed by atoms with Crippen molar-refractivity contribution in [3.63, 3.8) is 0 Å². The molecule has 1 heterocycles. The minimum Gasteiger partial charge on any atom is -0.468 e. The van der Waals surface area contributed by atoms with Gasteiger partial charge in [-0.2, -0.15) is 5.10 Å². The fourth-order valence-electron chi connectivity index (χ4n) is 2.98. The first-order valence-electron chi connectivity index (χ1n) is 8.51. The lowest BCUT2D eigenvalue weighted by Gasteiger charge is -2.23. The predicted octanol–water partition coefficient (Wildman–Crippen LogP) is 3.68. The van der Waals surface area contributed by atoms with Crippen LogP contribution in [0.1, 0.15) is 12.5 Å². The van der Waals surface area contributed by atoms with E-state index in [1.807, 2.05) is 0 Å². The Balaban J connectivity index is 1.87. The lowest BCUT2D eigenvalue weighted by atomic mass is 9.82. The number of hydrogen-bond acceptors (Lipinski definition) is 6. The molecule has 1 aliphatic rings. The summed E-state index contributed by atoms with van der Waals surface area (Å²) in [7, 11) is 1.27. The van der Waals surface area contributed by atoms with Gasteiger partial charge in [0.2, 0.25) is 0 Å². The van der Waals surface area contributed by atoms with Gasteiger partial charge in [-0.15, -0.1) is 0 Å². The second-order valence-corrected chi connectivity index (χ2v) is 7.01. The number of carbonyl (C=O) groups is 2. The first-order chi connectivity index (χ1) is 13.7. The van der Waals surface area contributed by atoms with E-state index in [9.17, 15) is 19.7 Å². The topological polar surface area (TPSA) is 114 Å². The summed E-state index contributed by atoms with van der Waals surface area (Å²) in [6.07, 6.45) is 0. The largest absolute Gasteiger partial charge is 0.468 e. The molecule has 1 atom stereocenters. The average molecular weight is 417 g/mol. The Morgan fingerprint density at radius 3 is 2.38 bits per heavy atom. The predicted molar refractivity (Wildman–Crippen MR) is 107 cm³/mol. The maximum atomic E-state index is 12.7. The number of nitrogens with zero attached hydrogens (tertiary/aromatic N) is 3. The number of methoxy groups -OCH3 is 1. The highest BCUT2D eigenvalue weighted by atomic mass is 35.5. The van der Waals surface area contributed by atoms with E-state index in [-0.39, 0.29) is 12.2 Å². The first-order valence-corrected chi connectivity index (χ1v) is 8.89. The Morgan fingerprint density at radius 2 is 1.83 bits per heavy atom. The van der Waals surface area contributed by atoms with Crippen molar-refractivity contribution >= 4 is 40.7 Å². The quantitative estimate of drug-likeness (QED) is 0.464. The molecule has 0 aromatic heterocycles. The summed E-state index contributed by atoms with van der Waals surface area (Å²) >= 11 is 5.93. The van der Waals surface area contributed by atoms with Crippen LogP contribution in [-0.4, -0.2) is 41.3 Å². The van der Waals surface area contributed by atoms with Crippen molar-refractivity contribution in [2.24, 2.45) is 10.5 Å². The van der Waals surface area contributed by atoms with Gasteiger partial charge in [-0.05, 0) is 36.8 Å². The van der Waals surface area contributed by atoms with E-state index in [0.717, 1.165) is 5.01 Å². The van der Waals surface area contributed by atoms with Gasteiger partial charge in [0.05, 0.1) is 24.3 Å². The van der Waals surface area contributed by atoms with E-state index >= 15 is 0 Å². The molecule has 0 saturated heterocycles. The zero-order valence-corrected chi connectivity index (χ0v) is 16.3. The summed E-state index contributed by atoms with van der Waals surface area (Å²) < 4.78 is 4.93. The number of ether oxygens (including phenoxy) is 1. The molecule has 0 unspecified atom stereocenters. The van der Waals surface area contributed by atoms with Crippen LogP contribution in [-0.2, 0) is 9.53 Å². The van der Waals surface area contributed by atoms with Crippen LogP contribution in [0.25, 0.3) is 0 Å². The van der Waals surface area contributed by atoms with E-state index in [1.54, 1.807) is 31.2 Å². The van der Waals surface area contributed by atoms with Crippen LogP contribution in [0.15, 0.2) is 53.6 Å². The Labute approximate surface area is 171 Å². The summed E-state index contributed by atoms with van der Waals surface area (Å²) in [6.45, 7) is 1.61. The molecule has 10 heteroatoms. The van der Waals surface area contributed by atoms with E-state index in [1.165, 1.54) is 31.4 Å². The molecule has 0 radical (unpaired) electrons. The molecule has 0 spiro atoms. The summed E-state index contributed by atoms with van der Waals surface area (Å²) in [6, 6.07) is 11.5. The standard InChI is InChI=1S/C19H17ClN4O5/c1-19(17(25)29-2)11-23(22-16(19)12-3-5-13(20)6-4-12)18(26)21-14-7-9-15(10-8-14)24(27)28/h3-10H,11H2,1-2H3,(H,21,26)/t19-/m1/s1. The number of esters is 1. The van der Waals surface area contributed by atoms with Gasteiger partial charge in [0.15, 0.2) is 0 Å². The third-order valence-electron chi connectivity index (χ3n) is 4.53. The van der Waals surface area contributed by atoms with Crippen LogP contribution in [0.5, 0.6) is 0 Å². The molecule has 9 nitrogen and oxygen atoms in total. The number of hydrogen-bond donors (Lipinski definition) is 1. The van der Waals surface area contributed by atoms with Gasteiger partial charge in [0.1, 0.15) is 5.41 Å². The summed E-state index contributed by atoms with van der Waals surface area (Å²) in [5, 5.41) is 19.3. The summed E-state index contributed by atoms with van der Waals surface area (Å²) in [4.78, 5) is 35.3. The van der Waals surface area contributed by atoms with E-state index in [2.05, 4.69) is 10.4 Å². The van der Waals surface area contributed by atoms with Crippen LogP contribution < -0.4 is 5.32 Å². The number of non-ortho nitro benzene ring substituents is 1. The number of amides is 2. The number of benzene rings is 2. The lowest BCUT2D eigenvalue weighted by molar-refractivity contribution is -0.384. The van der Waals surface area contributed by atoms with Crippen molar-refractivity contribution in [3.05, 3.63) is 69.2 Å². The Bertz CT molecular complexity index is 991. The SMILES string of the molecule is COC(=O)[C@]1(C)CN(C(=O)Nc2ccc([N+](=O)[O-])cc2)N=C1c1ccc(Cl)cc1. The van der Waals surface area contributed by atoms with Gasteiger partial charge < -0.3 is 10.1 Å². The van der Waals surface area contributed by atoms with Gasteiger partial charge in [-0.25, -0.2) is 9.80 Å². The molecular formula is C19H17ClN4O5. The van der Waals surface area contributed by atoms with Gasteiger partial charge in [0, 0.05) is 22.8 Å². The molecule has 0 fully saturated rings. The van der Waals surface area contributed by atoms with Crippen molar-refractivity contribution in [1.82, 2.24) is 5.01 Å². The Kier molecular flexibility index (Phi) is 5.51. The molecule has 3 rings (SSSR count). The molecule has 1 aliphatic heterocycles. The summed E-state index contributed by atoms with van der Waals surface area (Å²) in [5.41, 5.74) is 0.101. The second kappa shape index (κ2) is 7.88. The number of anilines is 1. The molecule has 2 aromatic carbocycles. The number of rotatable bonds is 4. The molecule has 29 heavy (non-hydrogen) atoms. The average Bonchev–Trinajstić information content (AvgIpc) is 3.07. The molecule has 0 bridgehead atoms. The molecule has 2 amide bonds. The van der Waals surface area contributed by atoms with Crippen LogP contribution >= 0.6 is 11.6 Å². The number of halogens is 1. The van der Waals surface area contributed by atoms with Crippen molar-refractivity contribution in [1.29, 1.82) is 0 Å². The minimum atomic E-state index is -1.17. The zero-order chi connectivity index (χ0) is 21.2. The van der Waals surface area contributed by atoms with E-state index in [0.29, 0.717) is 22.0 Å². The molecule has 0 aliphatic carbocycles. The Morgan fingerprint density at radius 1 is 1.21 bits per heavy atom. The number of nitro benzene ring substituents is 1. The van der Waals surface area contributed by atoms with Crippen LogP contribution in [0.3, 0.4) is 0 Å². The number of nitrogens with one attached hydrogen (secondary N) is 1. The van der Waals surface area contributed by atoms with Gasteiger partial charge in [0.25, 0.3) is 5.69 Å². The number of urea groups is 1. The lowest BCUT2D eigenvalue weighted by Crippen LogP contribution is -2.42. The van der Waals surface area contributed by atoms with Gasteiger partial charge in [-0.3, -0.25) is 14.9 Å². The highest BCUT2D eigenvalue weighted by Gasteiger charge is 2.48. The zero-order valence-electron chi connectivity index (χ0n) is 15.6. The number of carbonyl (C=O) groups excluding carboxylic acids is 2. The second-order valence-electron chi connectivity index (χ2n) is 6.57. The fraction of sp³-hybridized carbons (Fsp3) is 0.211. The fourth-order valence-corrected chi connectivity index (χ4v) is 3.11. The third-order valence-corrected chi connectivity index (χ3v) is 4.78. The van der Waals surface area contributed by atoms with Crippen LogP contribution in [0, 0.1) is 15.5 Å². The van der Waals surface area contributed by atoms with Crippen molar-refractivity contribution in [3.8, 4) is 0 Å². The first kappa shape index (κ1) is 20.3. The highest BCUT2D eigenvalue weighted by molar-refractivity contribution is 6.30. The normalized spacial score (nSPS) is 18.2. The minimum absolute atomic E-state index is 0.0313. The van der Waals surface area contributed by atoms with Crippen molar-refractivity contribution in [2.45, 2.75) is 6.92 Å². The number of nitro groups is 1. The molecule has 1 N–H and O–H groups in total. The number of hydrazone groups is 1. The molecule has 2 aromatic rings.